The molecule has 3 aromatic rings. The van der Waals surface area contributed by atoms with E-state index in [1.807, 2.05) is 13.8 Å². The van der Waals surface area contributed by atoms with Crippen LogP contribution >= 0.6 is 11.6 Å². The minimum atomic E-state index is -0.489. The van der Waals surface area contributed by atoms with Crippen molar-refractivity contribution in [1.82, 2.24) is 10.2 Å². The summed E-state index contributed by atoms with van der Waals surface area (Å²) in [6.45, 7) is 4.00. The lowest BCUT2D eigenvalue weighted by atomic mass is 9.84. The van der Waals surface area contributed by atoms with Gasteiger partial charge in [-0.25, -0.2) is 4.39 Å². The first-order valence-corrected chi connectivity index (χ1v) is 10.3. The number of halogens is 2. The molecular weight excluding hydrogens is 435 g/mol. The van der Waals surface area contributed by atoms with Crippen LogP contribution in [0.15, 0.2) is 47.9 Å². The molecule has 4 rings (SSSR count). The predicted octanol–water partition coefficient (Wildman–Crippen LogP) is 4.71. The van der Waals surface area contributed by atoms with E-state index >= 15 is 0 Å². The summed E-state index contributed by atoms with van der Waals surface area (Å²) in [6, 6.07) is 11.9. The number of nitrogens with one attached hydrogen (secondary N) is 1. The number of hydrogen-bond donors (Lipinski definition) is 2. The van der Waals surface area contributed by atoms with Crippen molar-refractivity contribution >= 4 is 11.6 Å². The lowest BCUT2D eigenvalue weighted by Crippen LogP contribution is -2.21. The Morgan fingerprint density at radius 1 is 1.28 bits per heavy atom. The Balaban J connectivity index is 1.72. The molecule has 1 aromatic heterocycles. The molecule has 32 heavy (non-hydrogen) atoms. The van der Waals surface area contributed by atoms with Crippen molar-refractivity contribution in [2.45, 2.75) is 26.4 Å². The van der Waals surface area contributed by atoms with Crippen LogP contribution in [0.2, 0.25) is 5.02 Å². The first-order chi connectivity index (χ1) is 15.4. The molecule has 0 radical (unpaired) electrons. The number of aryl methyl sites for hydroxylation is 1. The second kappa shape index (κ2) is 8.81. The molecular formula is C23H20ClFN4O3. The quantitative estimate of drug-likeness (QED) is 0.558. The maximum Gasteiger partial charge on any atom is 0.244 e. The fourth-order valence-electron chi connectivity index (χ4n) is 3.64. The molecule has 7 nitrogen and oxygen atoms in total. The van der Waals surface area contributed by atoms with Crippen LogP contribution in [0.25, 0.3) is 0 Å². The van der Waals surface area contributed by atoms with Gasteiger partial charge in [0.25, 0.3) is 0 Å². The van der Waals surface area contributed by atoms with Crippen molar-refractivity contribution in [1.29, 1.82) is 5.26 Å². The summed E-state index contributed by atoms with van der Waals surface area (Å²) < 4.78 is 31.2. The second-order valence-electron chi connectivity index (χ2n) is 7.12. The van der Waals surface area contributed by atoms with Crippen molar-refractivity contribution in [2.75, 3.05) is 6.61 Å². The highest BCUT2D eigenvalue weighted by atomic mass is 35.5. The van der Waals surface area contributed by atoms with E-state index in [1.165, 1.54) is 12.1 Å². The largest absolute Gasteiger partial charge is 0.490 e. The highest BCUT2D eigenvalue weighted by Gasteiger charge is 2.34. The maximum absolute atomic E-state index is 14.1. The number of rotatable bonds is 6. The van der Waals surface area contributed by atoms with Gasteiger partial charge in [0.05, 0.1) is 17.5 Å². The van der Waals surface area contributed by atoms with Gasteiger partial charge in [0.15, 0.2) is 11.5 Å². The molecule has 3 N–H and O–H groups in total. The van der Waals surface area contributed by atoms with E-state index in [0.29, 0.717) is 24.0 Å². The Morgan fingerprint density at radius 3 is 2.81 bits per heavy atom. The molecule has 0 unspecified atom stereocenters. The number of nitrogens with two attached hydrogens (primary N) is 1. The predicted molar refractivity (Wildman–Crippen MR) is 116 cm³/mol. The third kappa shape index (κ3) is 3.83. The van der Waals surface area contributed by atoms with Crippen LogP contribution in [0.5, 0.6) is 17.4 Å². The van der Waals surface area contributed by atoms with E-state index in [4.69, 9.17) is 31.5 Å². The van der Waals surface area contributed by atoms with Crippen molar-refractivity contribution in [2.24, 2.45) is 5.73 Å². The molecule has 0 bridgehead atoms. The normalized spacial score (nSPS) is 15.0. The molecule has 1 aliphatic heterocycles. The lowest BCUT2D eigenvalue weighted by Gasteiger charge is -2.24. The van der Waals surface area contributed by atoms with E-state index in [2.05, 4.69) is 16.3 Å². The van der Waals surface area contributed by atoms with Crippen molar-refractivity contribution in [3.05, 3.63) is 81.1 Å². The number of H-pyrrole nitrogens is 1. The number of aromatic nitrogens is 2. The average Bonchev–Trinajstić information content (AvgIpc) is 3.13. The van der Waals surface area contributed by atoms with Gasteiger partial charge in [0.1, 0.15) is 24.1 Å². The van der Waals surface area contributed by atoms with Gasteiger partial charge >= 0.3 is 0 Å². The zero-order valence-electron chi connectivity index (χ0n) is 17.4. The third-order valence-electron chi connectivity index (χ3n) is 5.16. The molecule has 0 saturated heterocycles. The number of hydrogen-bond acceptors (Lipinski definition) is 6. The first-order valence-electron chi connectivity index (χ1n) is 9.89. The molecule has 9 heteroatoms. The van der Waals surface area contributed by atoms with Crippen LogP contribution in [0.4, 0.5) is 4.39 Å². The molecule has 0 saturated carbocycles. The van der Waals surface area contributed by atoms with Gasteiger partial charge in [-0.1, -0.05) is 23.7 Å². The average molecular weight is 455 g/mol. The number of benzene rings is 2. The molecule has 0 fully saturated rings. The second-order valence-corrected chi connectivity index (χ2v) is 7.53. The number of allylic oxidation sites excluding steroid dienone is 1. The molecule has 1 atom stereocenters. The number of nitriles is 1. The van der Waals surface area contributed by atoms with E-state index < -0.39 is 11.7 Å². The van der Waals surface area contributed by atoms with Gasteiger partial charge in [0.2, 0.25) is 11.8 Å². The zero-order valence-corrected chi connectivity index (χ0v) is 18.2. The summed E-state index contributed by atoms with van der Waals surface area (Å²) in [5.74, 6) is 0.262. The van der Waals surface area contributed by atoms with Gasteiger partial charge in [-0.2, -0.15) is 5.26 Å². The Labute approximate surface area is 189 Å². The molecule has 2 aromatic carbocycles. The number of ether oxygens (including phenoxy) is 3. The summed E-state index contributed by atoms with van der Waals surface area (Å²) in [6.07, 6.45) is 0. The van der Waals surface area contributed by atoms with Crippen LogP contribution in [-0.4, -0.2) is 16.8 Å². The van der Waals surface area contributed by atoms with E-state index in [9.17, 15) is 9.65 Å². The van der Waals surface area contributed by atoms with Crippen molar-refractivity contribution in [3.63, 3.8) is 0 Å². The van der Waals surface area contributed by atoms with Crippen LogP contribution in [-0.2, 0) is 6.61 Å². The highest BCUT2D eigenvalue weighted by Crippen LogP contribution is 2.44. The standard InChI is InChI=1S/C23H20ClFN4O3/c1-3-30-19-9-13(7-8-18(19)31-11-15-16(24)5-4-6-17(15)25)21-14(10-26)22(27)32-23-20(21)12(2)28-29-23/h4-9,21H,3,11,27H2,1-2H3,(H,28,29)/t21-/m0/s1. The minimum absolute atomic E-state index is 0.00369. The maximum atomic E-state index is 14.1. The Bertz CT molecular complexity index is 1230. The summed E-state index contributed by atoms with van der Waals surface area (Å²) in [5.41, 5.74) is 8.75. The molecule has 0 spiro atoms. The molecule has 1 aliphatic rings. The number of aromatic amines is 1. The van der Waals surface area contributed by atoms with Crippen LogP contribution in [0.3, 0.4) is 0 Å². The molecule has 164 valence electrons. The smallest absolute Gasteiger partial charge is 0.244 e. The summed E-state index contributed by atoms with van der Waals surface area (Å²) >= 11 is 6.10. The Kier molecular flexibility index (Phi) is 5.93. The highest BCUT2D eigenvalue weighted by molar-refractivity contribution is 6.31. The van der Waals surface area contributed by atoms with Crippen molar-refractivity contribution in [3.8, 4) is 23.4 Å². The fourth-order valence-corrected chi connectivity index (χ4v) is 3.86. The topological polar surface area (TPSA) is 106 Å². The van der Waals surface area contributed by atoms with Crippen LogP contribution in [0.1, 0.15) is 35.2 Å². The summed E-state index contributed by atoms with van der Waals surface area (Å²) in [4.78, 5) is 0. The van der Waals surface area contributed by atoms with Gasteiger partial charge in [-0.3, -0.25) is 5.10 Å². The minimum Gasteiger partial charge on any atom is -0.490 e. The number of nitrogens with zero attached hydrogens (tertiary/aromatic N) is 2. The third-order valence-corrected chi connectivity index (χ3v) is 5.52. The fraction of sp³-hybridized carbons (Fsp3) is 0.217. The Morgan fingerprint density at radius 2 is 2.09 bits per heavy atom. The van der Waals surface area contributed by atoms with Gasteiger partial charge in [-0.05, 0) is 43.7 Å². The van der Waals surface area contributed by atoms with Gasteiger partial charge in [0, 0.05) is 16.8 Å². The van der Waals surface area contributed by atoms with E-state index in [-0.39, 0.29) is 28.6 Å². The zero-order chi connectivity index (χ0) is 22.8. The van der Waals surface area contributed by atoms with Crippen LogP contribution < -0.4 is 19.9 Å². The van der Waals surface area contributed by atoms with Gasteiger partial charge in [-0.15, -0.1) is 5.10 Å². The monoisotopic (exact) mass is 454 g/mol. The molecule has 0 aliphatic carbocycles. The number of fused-ring (bicyclic) bond motifs is 1. The van der Waals surface area contributed by atoms with Crippen molar-refractivity contribution < 1.29 is 18.6 Å². The first kappa shape index (κ1) is 21.5. The van der Waals surface area contributed by atoms with E-state index in [1.54, 1.807) is 24.3 Å². The lowest BCUT2D eigenvalue weighted by molar-refractivity contribution is 0.265. The van der Waals surface area contributed by atoms with E-state index in [0.717, 1.165) is 16.8 Å². The SMILES string of the molecule is CCOc1cc([C@H]2C(C#N)=C(N)Oc3n[nH]c(C)c32)ccc1OCc1c(F)cccc1Cl. The Hall–Kier alpha value is -3.70. The molecule has 2 heterocycles. The summed E-state index contributed by atoms with van der Waals surface area (Å²) in [7, 11) is 0. The van der Waals surface area contributed by atoms with Gasteiger partial charge < -0.3 is 19.9 Å². The summed E-state index contributed by atoms with van der Waals surface area (Å²) in [5, 5.41) is 17.0. The molecule has 0 amide bonds. The van der Waals surface area contributed by atoms with Crippen LogP contribution in [0, 0.1) is 24.1 Å².